The maximum Gasteiger partial charge on any atom is 0.191 e. The molecule has 2 atom stereocenters. The summed E-state index contributed by atoms with van der Waals surface area (Å²) in [5.41, 5.74) is 0. The number of rotatable bonds is 8. The largest absolute Gasteiger partial charge is 0.379 e. The Morgan fingerprint density at radius 1 is 1.33 bits per heavy atom. The molecule has 0 spiro atoms. The van der Waals surface area contributed by atoms with E-state index in [9.17, 15) is 4.39 Å². The van der Waals surface area contributed by atoms with E-state index in [4.69, 9.17) is 9.73 Å². The summed E-state index contributed by atoms with van der Waals surface area (Å²) in [6.45, 7) is 13.3. The predicted octanol–water partition coefficient (Wildman–Crippen LogP) is 2.10. The van der Waals surface area contributed by atoms with E-state index in [1.165, 1.54) is 6.07 Å². The first-order valence-corrected chi connectivity index (χ1v) is 11.3. The van der Waals surface area contributed by atoms with Crippen LogP contribution < -0.4 is 15.5 Å². The van der Waals surface area contributed by atoms with Gasteiger partial charge in [0, 0.05) is 51.0 Å². The summed E-state index contributed by atoms with van der Waals surface area (Å²) in [4.78, 5) is 13.7. The van der Waals surface area contributed by atoms with Gasteiger partial charge in [-0.05, 0) is 37.8 Å². The van der Waals surface area contributed by atoms with E-state index < -0.39 is 0 Å². The number of pyridine rings is 1. The summed E-state index contributed by atoms with van der Waals surface area (Å²) in [5, 5.41) is 6.93. The van der Waals surface area contributed by atoms with Crippen LogP contribution in [0.3, 0.4) is 0 Å². The number of hydrogen-bond donors (Lipinski definition) is 2. The quantitative estimate of drug-likeness (QED) is 0.496. The van der Waals surface area contributed by atoms with E-state index in [0.717, 1.165) is 71.3 Å². The molecule has 30 heavy (non-hydrogen) atoms. The van der Waals surface area contributed by atoms with Gasteiger partial charge in [-0.1, -0.05) is 13.8 Å². The molecule has 3 heterocycles. The zero-order chi connectivity index (χ0) is 21.3. The van der Waals surface area contributed by atoms with Gasteiger partial charge < -0.3 is 20.3 Å². The van der Waals surface area contributed by atoms with Crippen LogP contribution in [0.25, 0.3) is 0 Å². The molecular weight excluding hydrogens is 383 g/mol. The van der Waals surface area contributed by atoms with E-state index >= 15 is 0 Å². The van der Waals surface area contributed by atoms with Gasteiger partial charge in [-0.15, -0.1) is 0 Å². The zero-order valence-electron chi connectivity index (χ0n) is 18.6. The molecule has 0 radical (unpaired) electrons. The van der Waals surface area contributed by atoms with Crippen LogP contribution in [0.2, 0.25) is 0 Å². The highest BCUT2D eigenvalue weighted by atomic mass is 19.1. The lowest BCUT2D eigenvalue weighted by molar-refractivity contribution is 0.0143. The summed E-state index contributed by atoms with van der Waals surface area (Å²) < 4.78 is 19.6. The van der Waals surface area contributed by atoms with Gasteiger partial charge in [-0.2, -0.15) is 0 Å². The highest BCUT2D eigenvalue weighted by molar-refractivity contribution is 5.80. The standard InChI is InChI=1S/C22H37FN6O/c1-4-24-22(26-15-19(14-17(2)3)28-10-12-30-13-11-28)27-18-7-9-29(16-18)21-20(23)6-5-8-25-21/h5-6,8,17-19H,4,7,9-16H2,1-3H3,(H2,24,26,27). The van der Waals surface area contributed by atoms with E-state index in [0.29, 0.717) is 17.8 Å². The summed E-state index contributed by atoms with van der Waals surface area (Å²) in [5.74, 6) is 1.64. The molecule has 3 rings (SSSR count). The van der Waals surface area contributed by atoms with E-state index in [2.05, 4.69) is 41.3 Å². The monoisotopic (exact) mass is 420 g/mol. The molecule has 0 aromatic carbocycles. The molecular formula is C22H37FN6O. The molecule has 0 aliphatic carbocycles. The lowest BCUT2D eigenvalue weighted by atomic mass is 10.0. The minimum Gasteiger partial charge on any atom is -0.379 e. The molecule has 2 saturated heterocycles. The van der Waals surface area contributed by atoms with Gasteiger partial charge in [0.25, 0.3) is 0 Å². The Labute approximate surface area is 180 Å². The van der Waals surface area contributed by atoms with Crippen molar-refractivity contribution in [2.45, 2.75) is 45.7 Å². The fraction of sp³-hybridized carbons (Fsp3) is 0.727. The summed E-state index contributed by atoms with van der Waals surface area (Å²) in [7, 11) is 0. The van der Waals surface area contributed by atoms with E-state index in [1.54, 1.807) is 12.3 Å². The van der Waals surface area contributed by atoms with Crippen LogP contribution in [-0.4, -0.2) is 80.4 Å². The highest BCUT2D eigenvalue weighted by Crippen LogP contribution is 2.21. The molecule has 0 saturated carbocycles. The predicted molar refractivity (Wildman–Crippen MR) is 120 cm³/mol. The van der Waals surface area contributed by atoms with Gasteiger partial charge >= 0.3 is 0 Å². The molecule has 2 fully saturated rings. The van der Waals surface area contributed by atoms with Crippen LogP contribution >= 0.6 is 0 Å². The van der Waals surface area contributed by atoms with Crippen LogP contribution in [0, 0.1) is 11.7 Å². The maximum atomic E-state index is 14.1. The van der Waals surface area contributed by atoms with Crippen LogP contribution in [-0.2, 0) is 4.74 Å². The first-order chi connectivity index (χ1) is 14.6. The average molecular weight is 421 g/mol. The van der Waals surface area contributed by atoms with E-state index in [-0.39, 0.29) is 11.9 Å². The third kappa shape index (κ3) is 6.54. The molecule has 7 nitrogen and oxygen atoms in total. The van der Waals surface area contributed by atoms with Crippen molar-refractivity contribution in [3.05, 3.63) is 24.1 Å². The maximum absolute atomic E-state index is 14.1. The third-order valence-corrected chi connectivity index (χ3v) is 5.68. The molecule has 0 amide bonds. The number of aliphatic imine (C=N–C) groups is 1. The second-order valence-corrected chi connectivity index (χ2v) is 8.54. The van der Waals surface area contributed by atoms with Gasteiger partial charge in [0.2, 0.25) is 0 Å². The smallest absolute Gasteiger partial charge is 0.191 e. The summed E-state index contributed by atoms with van der Waals surface area (Å²) >= 11 is 0. The Balaban J connectivity index is 1.60. The van der Waals surface area contributed by atoms with Crippen LogP contribution in [0.4, 0.5) is 10.2 Å². The average Bonchev–Trinajstić information content (AvgIpc) is 3.20. The minimum atomic E-state index is -0.263. The molecule has 2 N–H and O–H groups in total. The number of hydrogen-bond acceptors (Lipinski definition) is 5. The van der Waals surface area contributed by atoms with Crippen molar-refractivity contribution in [3.8, 4) is 0 Å². The highest BCUT2D eigenvalue weighted by Gasteiger charge is 2.26. The number of ether oxygens (including phenoxy) is 1. The third-order valence-electron chi connectivity index (χ3n) is 5.68. The Bertz CT molecular complexity index is 679. The SMILES string of the molecule is CCNC(=NCC(CC(C)C)N1CCOCC1)NC1CCN(c2ncccc2F)C1. The number of aromatic nitrogens is 1. The number of guanidine groups is 1. The van der Waals surface area contributed by atoms with Crippen molar-refractivity contribution < 1.29 is 9.13 Å². The number of morpholine rings is 1. The van der Waals surface area contributed by atoms with Gasteiger partial charge in [-0.3, -0.25) is 9.89 Å². The second kappa shape index (κ2) is 11.5. The van der Waals surface area contributed by atoms with Crippen molar-refractivity contribution in [1.29, 1.82) is 0 Å². The summed E-state index contributed by atoms with van der Waals surface area (Å²) in [6.07, 6.45) is 3.70. The Hall–Kier alpha value is -1.93. The molecule has 2 aliphatic heterocycles. The Kier molecular flexibility index (Phi) is 8.69. The van der Waals surface area contributed by atoms with Crippen molar-refractivity contribution in [1.82, 2.24) is 20.5 Å². The lowest BCUT2D eigenvalue weighted by Gasteiger charge is -2.34. The number of halogens is 1. The van der Waals surface area contributed by atoms with Crippen LogP contribution in [0.1, 0.15) is 33.6 Å². The van der Waals surface area contributed by atoms with E-state index in [1.807, 2.05) is 4.90 Å². The van der Waals surface area contributed by atoms with Gasteiger partial charge in [0.1, 0.15) is 0 Å². The Morgan fingerprint density at radius 3 is 2.83 bits per heavy atom. The molecule has 8 heteroatoms. The van der Waals surface area contributed by atoms with Gasteiger partial charge in [-0.25, -0.2) is 9.37 Å². The molecule has 2 unspecified atom stereocenters. The topological polar surface area (TPSA) is 65.0 Å². The fourth-order valence-electron chi connectivity index (χ4n) is 4.22. The molecule has 1 aromatic rings. The number of nitrogens with one attached hydrogen (secondary N) is 2. The fourth-order valence-corrected chi connectivity index (χ4v) is 4.22. The number of nitrogens with zero attached hydrogens (tertiary/aromatic N) is 4. The normalized spacial score (nSPS) is 21.8. The van der Waals surface area contributed by atoms with Crippen molar-refractivity contribution in [2.24, 2.45) is 10.9 Å². The molecule has 0 bridgehead atoms. The minimum absolute atomic E-state index is 0.219. The molecule has 2 aliphatic rings. The first kappa shape index (κ1) is 22.7. The van der Waals surface area contributed by atoms with Crippen molar-refractivity contribution >= 4 is 11.8 Å². The zero-order valence-corrected chi connectivity index (χ0v) is 18.6. The van der Waals surface area contributed by atoms with Crippen LogP contribution in [0.5, 0.6) is 0 Å². The molecule has 1 aromatic heterocycles. The second-order valence-electron chi connectivity index (χ2n) is 8.54. The van der Waals surface area contributed by atoms with Crippen molar-refractivity contribution in [3.63, 3.8) is 0 Å². The number of anilines is 1. The van der Waals surface area contributed by atoms with Gasteiger partial charge in [0.05, 0.1) is 19.8 Å². The van der Waals surface area contributed by atoms with Gasteiger partial charge in [0.15, 0.2) is 17.6 Å². The lowest BCUT2D eigenvalue weighted by Crippen LogP contribution is -2.48. The van der Waals surface area contributed by atoms with Crippen LogP contribution in [0.15, 0.2) is 23.3 Å². The first-order valence-electron chi connectivity index (χ1n) is 11.3. The van der Waals surface area contributed by atoms with Crippen molar-refractivity contribution in [2.75, 3.05) is 57.4 Å². The molecule has 168 valence electrons. The summed E-state index contributed by atoms with van der Waals surface area (Å²) in [6, 6.07) is 3.74. The Morgan fingerprint density at radius 2 is 2.13 bits per heavy atom.